The maximum absolute atomic E-state index is 12.7. The molecule has 3 rings (SSSR count). The first-order valence-corrected chi connectivity index (χ1v) is 8.48. The van der Waals surface area contributed by atoms with Gasteiger partial charge in [0.1, 0.15) is 5.75 Å². The van der Waals surface area contributed by atoms with Gasteiger partial charge in [0.05, 0.1) is 20.3 Å². The Morgan fingerprint density at radius 1 is 1.08 bits per heavy atom. The van der Waals surface area contributed by atoms with E-state index in [4.69, 9.17) is 9.47 Å². The molecule has 0 aromatic heterocycles. The second-order valence-electron chi connectivity index (χ2n) is 6.05. The quantitative estimate of drug-likeness (QED) is 0.804. The minimum Gasteiger partial charge on any atom is -0.496 e. The van der Waals surface area contributed by atoms with Gasteiger partial charge in [-0.2, -0.15) is 0 Å². The largest absolute Gasteiger partial charge is 0.496 e. The lowest BCUT2D eigenvalue weighted by Crippen LogP contribution is -2.39. The van der Waals surface area contributed by atoms with Crippen LogP contribution in [-0.4, -0.2) is 44.2 Å². The van der Waals surface area contributed by atoms with Crippen molar-refractivity contribution in [1.82, 2.24) is 4.90 Å². The van der Waals surface area contributed by atoms with Gasteiger partial charge in [-0.05, 0) is 41.3 Å². The fraction of sp³-hybridized carbons (Fsp3) is 0.286. The summed E-state index contributed by atoms with van der Waals surface area (Å²) in [4.78, 5) is 14.6. The smallest absolute Gasteiger partial charge is 0.247 e. The highest BCUT2D eigenvalue weighted by molar-refractivity contribution is 5.99. The minimum atomic E-state index is 0.0237. The molecule has 1 aliphatic heterocycles. The predicted octanol–water partition coefficient (Wildman–Crippen LogP) is 3.29. The van der Waals surface area contributed by atoms with Crippen LogP contribution in [-0.2, 0) is 9.53 Å². The Hall–Kier alpha value is -2.59. The summed E-state index contributed by atoms with van der Waals surface area (Å²) in [6.07, 6.45) is 1.74. The van der Waals surface area contributed by atoms with E-state index in [1.165, 1.54) is 0 Å². The average Bonchev–Trinajstić information content (AvgIpc) is 2.67. The van der Waals surface area contributed by atoms with Gasteiger partial charge in [0.2, 0.25) is 5.91 Å². The SMILES string of the molecule is COc1ccc(C(=CC(=O)N2CCOCC2)c2ccccc2)cc1C. The minimum absolute atomic E-state index is 0.0237. The molecule has 0 N–H and O–H groups in total. The first-order chi connectivity index (χ1) is 12.2. The molecular weight excluding hydrogens is 314 g/mol. The molecule has 0 unspecified atom stereocenters. The second-order valence-corrected chi connectivity index (χ2v) is 6.05. The van der Waals surface area contributed by atoms with Crippen molar-refractivity contribution in [3.05, 3.63) is 71.3 Å². The molecule has 4 heteroatoms. The van der Waals surface area contributed by atoms with Crippen molar-refractivity contribution < 1.29 is 14.3 Å². The lowest BCUT2D eigenvalue weighted by molar-refractivity contribution is -0.129. The van der Waals surface area contributed by atoms with Crippen LogP contribution in [0.3, 0.4) is 0 Å². The van der Waals surface area contributed by atoms with Crippen LogP contribution in [0, 0.1) is 6.92 Å². The van der Waals surface area contributed by atoms with E-state index < -0.39 is 0 Å². The third kappa shape index (κ3) is 4.09. The van der Waals surface area contributed by atoms with Crippen LogP contribution in [0.5, 0.6) is 5.75 Å². The zero-order valence-electron chi connectivity index (χ0n) is 14.7. The number of ether oxygens (including phenoxy) is 2. The molecular formula is C21H23NO3. The van der Waals surface area contributed by atoms with E-state index in [0.29, 0.717) is 26.3 Å². The third-order valence-corrected chi connectivity index (χ3v) is 4.38. The van der Waals surface area contributed by atoms with Crippen molar-refractivity contribution in [2.45, 2.75) is 6.92 Å². The Morgan fingerprint density at radius 3 is 2.44 bits per heavy atom. The lowest BCUT2D eigenvalue weighted by Gasteiger charge is -2.26. The van der Waals surface area contributed by atoms with Crippen LogP contribution >= 0.6 is 0 Å². The Labute approximate surface area is 148 Å². The van der Waals surface area contributed by atoms with Gasteiger partial charge in [0.25, 0.3) is 0 Å². The van der Waals surface area contributed by atoms with Crippen LogP contribution in [0.2, 0.25) is 0 Å². The van der Waals surface area contributed by atoms with Crippen LogP contribution in [0.4, 0.5) is 0 Å². The highest BCUT2D eigenvalue weighted by atomic mass is 16.5. The van der Waals surface area contributed by atoms with Crippen molar-refractivity contribution in [2.24, 2.45) is 0 Å². The number of benzene rings is 2. The zero-order valence-corrected chi connectivity index (χ0v) is 14.7. The number of morpholine rings is 1. The Balaban J connectivity index is 1.99. The fourth-order valence-corrected chi connectivity index (χ4v) is 3.00. The number of amides is 1. The summed E-state index contributed by atoms with van der Waals surface area (Å²) < 4.78 is 10.7. The van der Waals surface area contributed by atoms with Crippen molar-refractivity contribution in [2.75, 3.05) is 33.4 Å². The predicted molar refractivity (Wildman–Crippen MR) is 98.7 cm³/mol. The number of nitrogens with zero attached hydrogens (tertiary/aromatic N) is 1. The molecule has 2 aromatic rings. The lowest BCUT2D eigenvalue weighted by atomic mass is 9.95. The van der Waals surface area contributed by atoms with Crippen molar-refractivity contribution >= 4 is 11.5 Å². The first-order valence-electron chi connectivity index (χ1n) is 8.48. The van der Waals surface area contributed by atoms with Gasteiger partial charge in [0.15, 0.2) is 0 Å². The molecule has 1 aliphatic rings. The fourth-order valence-electron chi connectivity index (χ4n) is 3.00. The zero-order chi connectivity index (χ0) is 17.6. The summed E-state index contributed by atoms with van der Waals surface area (Å²) in [6.45, 7) is 4.48. The van der Waals surface area contributed by atoms with E-state index in [9.17, 15) is 4.79 Å². The number of aryl methyl sites for hydroxylation is 1. The van der Waals surface area contributed by atoms with E-state index in [1.54, 1.807) is 13.2 Å². The Bertz CT molecular complexity index is 762. The van der Waals surface area contributed by atoms with Gasteiger partial charge in [0, 0.05) is 19.2 Å². The van der Waals surface area contributed by atoms with Crippen molar-refractivity contribution in [3.8, 4) is 5.75 Å². The summed E-state index contributed by atoms with van der Waals surface area (Å²) in [5, 5.41) is 0. The standard InChI is InChI=1S/C21H23NO3/c1-16-14-18(8-9-20(16)24-2)19(17-6-4-3-5-7-17)15-21(23)22-10-12-25-13-11-22/h3-9,14-15H,10-13H2,1-2H3. The molecule has 0 aliphatic carbocycles. The normalized spacial score (nSPS) is 15.1. The summed E-state index contributed by atoms with van der Waals surface area (Å²) >= 11 is 0. The molecule has 1 saturated heterocycles. The molecule has 0 saturated carbocycles. The van der Waals surface area contributed by atoms with Gasteiger partial charge in [-0.25, -0.2) is 0 Å². The van der Waals surface area contributed by atoms with Crippen molar-refractivity contribution in [1.29, 1.82) is 0 Å². The third-order valence-electron chi connectivity index (χ3n) is 4.38. The van der Waals surface area contributed by atoms with Crippen LogP contribution in [0.1, 0.15) is 16.7 Å². The number of rotatable bonds is 4. The molecule has 1 heterocycles. The molecule has 4 nitrogen and oxygen atoms in total. The molecule has 1 fully saturated rings. The van der Waals surface area contributed by atoms with E-state index in [1.807, 2.05) is 54.3 Å². The summed E-state index contributed by atoms with van der Waals surface area (Å²) in [5.41, 5.74) is 3.99. The van der Waals surface area contributed by atoms with Crippen LogP contribution < -0.4 is 4.74 Å². The molecule has 0 bridgehead atoms. The summed E-state index contributed by atoms with van der Waals surface area (Å²) in [7, 11) is 1.66. The Kier molecular flexibility index (Phi) is 5.51. The monoisotopic (exact) mass is 337 g/mol. The molecule has 2 aromatic carbocycles. The second kappa shape index (κ2) is 7.99. The molecule has 0 radical (unpaired) electrons. The van der Waals surface area contributed by atoms with Gasteiger partial charge in [-0.1, -0.05) is 36.4 Å². The maximum Gasteiger partial charge on any atom is 0.247 e. The van der Waals surface area contributed by atoms with Crippen LogP contribution in [0.25, 0.3) is 5.57 Å². The van der Waals surface area contributed by atoms with Gasteiger partial charge in [-0.3, -0.25) is 4.79 Å². The number of carbonyl (C=O) groups is 1. The van der Waals surface area contributed by atoms with Gasteiger partial charge < -0.3 is 14.4 Å². The summed E-state index contributed by atoms with van der Waals surface area (Å²) in [5.74, 6) is 0.867. The molecule has 130 valence electrons. The van der Waals surface area contributed by atoms with Crippen LogP contribution in [0.15, 0.2) is 54.6 Å². The number of methoxy groups -OCH3 is 1. The van der Waals surface area contributed by atoms with E-state index in [2.05, 4.69) is 6.07 Å². The average molecular weight is 337 g/mol. The van der Waals surface area contributed by atoms with E-state index in [0.717, 1.165) is 28.0 Å². The topological polar surface area (TPSA) is 38.8 Å². The molecule has 0 spiro atoms. The van der Waals surface area contributed by atoms with E-state index in [-0.39, 0.29) is 5.91 Å². The molecule has 0 atom stereocenters. The summed E-state index contributed by atoms with van der Waals surface area (Å²) in [6, 6.07) is 16.0. The Morgan fingerprint density at radius 2 is 1.80 bits per heavy atom. The highest BCUT2D eigenvalue weighted by Gasteiger charge is 2.17. The molecule has 1 amide bonds. The number of carbonyl (C=O) groups excluding carboxylic acids is 1. The number of hydrogen-bond acceptors (Lipinski definition) is 3. The van der Waals surface area contributed by atoms with Gasteiger partial charge >= 0.3 is 0 Å². The first kappa shape index (κ1) is 17.2. The number of hydrogen-bond donors (Lipinski definition) is 0. The maximum atomic E-state index is 12.7. The van der Waals surface area contributed by atoms with Gasteiger partial charge in [-0.15, -0.1) is 0 Å². The molecule has 25 heavy (non-hydrogen) atoms. The van der Waals surface area contributed by atoms with Crippen molar-refractivity contribution in [3.63, 3.8) is 0 Å². The van der Waals surface area contributed by atoms with E-state index >= 15 is 0 Å². The highest BCUT2D eigenvalue weighted by Crippen LogP contribution is 2.28.